The second kappa shape index (κ2) is 6.36. The van der Waals surface area contributed by atoms with Crippen LogP contribution in [-0.4, -0.2) is 29.0 Å². The molecule has 0 saturated carbocycles. The van der Waals surface area contributed by atoms with Gasteiger partial charge in [-0.25, -0.2) is 0 Å². The van der Waals surface area contributed by atoms with Crippen LogP contribution in [0.1, 0.15) is 36.6 Å². The number of hydrogen-bond acceptors (Lipinski definition) is 5. The molecular formula is C16H22N4O2. The number of methoxy groups -OCH3 is 2. The number of rotatable bonds is 6. The standard InChI is InChI=1S/C16H22N4O2/c1-11(16-19-18-15-5-4-8-20(15)16)17-10-12-9-13(21-2)6-7-14(12)22-3/h6-7,9,11,17H,4-5,8,10H2,1-3H3/t11-/m1/s1. The predicted octanol–water partition coefficient (Wildman–Crippen LogP) is 2.09. The van der Waals surface area contributed by atoms with Crippen molar-refractivity contribution < 1.29 is 9.47 Å². The van der Waals surface area contributed by atoms with E-state index in [4.69, 9.17) is 9.47 Å². The number of fused-ring (bicyclic) bond motifs is 1. The molecule has 1 aromatic carbocycles. The van der Waals surface area contributed by atoms with E-state index in [1.165, 1.54) is 0 Å². The Morgan fingerprint density at radius 3 is 2.91 bits per heavy atom. The first-order valence-electron chi connectivity index (χ1n) is 7.59. The van der Waals surface area contributed by atoms with E-state index in [1.54, 1.807) is 14.2 Å². The van der Waals surface area contributed by atoms with E-state index in [2.05, 4.69) is 27.0 Å². The zero-order chi connectivity index (χ0) is 15.5. The summed E-state index contributed by atoms with van der Waals surface area (Å²) in [6.07, 6.45) is 2.19. The van der Waals surface area contributed by atoms with Crippen LogP contribution in [0.2, 0.25) is 0 Å². The number of nitrogens with zero attached hydrogens (tertiary/aromatic N) is 3. The monoisotopic (exact) mass is 302 g/mol. The maximum atomic E-state index is 5.41. The predicted molar refractivity (Wildman–Crippen MR) is 83.1 cm³/mol. The van der Waals surface area contributed by atoms with Crippen LogP contribution in [0, 0.1) is 0 Å². The van der Waals surface area contributed by atoms with Crippen molar-refractivity contribution in [3.63, 3.8) is 0 Å². The first kappa shape index (κ1) is 14.8. The lowest BCUT2D eigenvalue weighted by Crippen LogP contribution is -2.22. The molecule has 0 bridgehead atoms. The van der Waals surface area contributed by atoms with Crippen molar-refractivity contribution >= 4 is 0 Å². The Hall–Kier alpha value is -2.08. The van der Waals surface area contributed by atoms with Gasteiger partial charge in [-0.1, -0.05) is 0 Å². The van der Waals surface area contributed by atoms with E-state index in [9.17, 15) is 0 Å². The van der Waals surface area contributed by atoms with E-state index in [1.807, 2.05) is 18.2 Å². The van der Waals surface area contributed by atoms with Crippen LogP contribution >= 0.6 is 0 Å². The highest BCUT2D eigenvalue weighted by Gasteiger charge is 2.21. The van der Waals surface area contributed by atoms with Crippen LogP contribution in [0.3, 0.4) is 0 Å². The van der Waals surface area contributed by atoms with Gasteiger partial charge in [0.05, 0.1) is 20.3 Å². The fourth-order valence-corrected chi connectivity index (χ4v) is 2.87. The Bertz CT molecular complexity index is 654. The highest BCUT2D eigenvalue weighted by molar-refractivity contribution is 5.40. The maximum absolute atomic E-state index is 5.41. The zero-order valence-electron chi connectivity index (χ0n) is 13.3. The van der Waals surface area contributed by atoms with E-state index in [0.717, 1.165) is 48.1 Å². The van der Waals surface area contributed by atoms with Gasteiger partial charge in [0, 0.05) is 25.1 Å². The largest absolute Gasteiger partial charge is 0.497 e. The quantitative estimate of drug-likeness (QED) is 0.885. The summed E-state index contributed by atoms with van der Waals surface area (Å²) in [5, 5.41) is 12.1. The van der Waals surface area contributed by atoms with Crippen LogP contribution in [0.4, 0.5) is 0 Å². The Morgan fingerprint density at radius 1 is 1.27 bits per heavy atom. The molecule has 2 aromatic rings. The molecule has 1 atom stereocenters. The molecule has 22 heavy (non-hydrogen) atoms. The lowest BCUT2D eigenvalue weighted by molar-refractivity contribution is 0.395. The molecule has 0 spiro atoms. The summed E-state index contributed by atoms with van der Waals surface area (Å²) >= 11 is 0. The third-order valence-electron chi connectivity index (χ3n) is 4.11. The molecule has 0 amide bonds. The Kier molecular flexibility index (Phi) is 4.29. The van der Waals surface area contributed by atoms with E-state index < -0.39 is 0 Å². The van der Waals surface area contributed by atoms with Gasteiger partial charge in [-0.05, 0) is 31.5 Å². The van der Waals surface area contributed by atoms with Gasteiger partial charge in [0.25, 0.3) is 0 Å². The Morgan fingerprint density at radius 2 is 2.14 bits per heavy atom. The molecule has 0 radical (unpaired) electrons. The van der Waals surface area contributed by atoms with Gasteiger partial charge in [-0.2, -0.15) is 0 Å². The summed E-state index contributed by atoms with van der Waals surface area (Å²) in [5.74, 6) is 3.79. The van der Waals surface area contributed by atoms with Crippen molar-refractivity contribution in [3.8, 4) is 11.5 Å². The minimum Gasteiger partial charge on any atom is -0.497 e. The summed E-state index contributed by atoms with van der Waals surface area (Å²) in [5.41, 5.74) is 1.06. The molecule has 1 aliphatic rings. The van der Waals surface area contributed by atoms with E-state index >= 15 is 0 Å². The van der Waals surface area contributed by atoms with E-state index in [-0.39, 0.29) is 6.04 Å². The maximum Gasteiger partial charge on any atom is 0.149 e. The van der Waals surface area contributed by atoms with Crippen molar-refractivity contribution in [1.29, 1.82) is 0 Å². The minimum absolute atomic E-state index is 0.134. The Labute approximate surface area is 130 Å². The van der Waals surface area contributed by atoms with Gasteiger partial charge in [0.15, 0.2) is 0 Å². The van der Waals surface area contributed by atoms with Crippen molar-refractivity contribution in [2.75, 3.05) is 14.2 Å². The molecule has 0 aliphatic carbocycles. The fraction of sp³-hybridized carbons (Fsp3) is 0.500. The number of benzene rings is 1. The lowest BCUT2D eigenvalue weighted by Gasteiger charge is -2.16. The highest BCUT2D eigenvalue weighted by atomic mass is 16.5. The molecule has 118 valence electrons. The number of aryl methyl sites for hydroxylation is 1. The molecular weight excluding hydrogens is 280 g/mol. The first-order valence-corrected chi connectivity index (χ1v) is 7.59. The van der Waals surface area contributed by atoms with Gasteiger partial charge in [0.1, 0.15) is 23.1 Å². The molecule has 6 nitrogen and oxygen atoms in total. The zero-order valence-corrected chi connectivity index (χ0v) is 13.3. The minimum atomic E-state index is 0.134. The van der Waals surface area contributed by atoms with Crippen LogP contribution in [-0.2, 0) is 19.5 Å². The van der Waals surface area contributed by atoms with Gasteiger partial charge in [-0.15, -0.1) is 10.2 Å². The van der Waals surface area contributed by atoms with Crippen molar-refractivity contribution in [2.24, 2.45) is 0 Å². The van der Waals surface area contributed by atoms with Gasteiger partial charge < -0.3 is 19.4 Å². The Balaban J connectivity index is 1.71. The molecule has 0 fully saturated rings. The average molecular weight is 302 g/mol. The smallest absolute Gasteiger partial charge is 0.149 e. The van der Waals surface area contributed by atoms with Crippen LogP contribution in [0.25, 0.3) is 0 Å². The molecule has 0 saturated heterocycles. The molecule has 3 rings (SSSR count). The SMILES string of the molecule is COc1ccc(OC)c(CN[C@H](C)c2nnc3n2CCC3)c1. The topological polar surface area (TPSA) is 61.2 Å². The second-order valence-electron chi connectivity index (χ2n) is 5.51. The van der Waals surface area contributed by atoms with Crippen molar-refractivity contribution in [1.82, 2.24) is 20.1 Å². The molecule has 0 unspecified atom stereocenters. The summed E-state index contributed by atoms with van der Waals surface area (Å²) < 4.78 is 12.9. The summed E-state index contributed by atoms with van der Waals surface area (Å²) in [6, 6.07) is 5.95. The lowest BCUT2D eigenvalue weighted by atomic mass is 10.1. The highest BCUT2D eigenvalue weighted by Crippen LogP contribution is 2.25. The molecule has 1 aromatic heterocycles. The number of nitrogens with one attached hydrogen (secondary N) is 1. The normalized spacial score (nSPS) is 14.7. The molecule has 1 aliphatic heterocycles. The van der Waals surface area contributed by atoms with Gasteiger partial charge in [-0.3, -0.25) is 0 Å². The number of hydrogen-bond donors (Lipinski definition) is 1. The second-order valence-corrected chi connectivity index (χ2v) is 5.51. The van der Waals surface area contributed by atoms with Gasteiger partial charge >= 0.3 is 0 Å². The number of ether oxygens (including phenoxy) is 2. The van der Waals surface area contributed by atoms with Crippen LogP contribution in [0.15, 0.2) is 18.2 Å². The van der Waals surface area contributed by atoms with E-state index in [0.29, 0.717) is 6.54 Å². The van der Waals surface area contributed by atoms with Crippen molar-refractivity contribution in [3.05, 3.63) is 35.4 Å². The third kappa shape index (κ3) is 2.78. The van der Waals surface area contributed by atoms with Crippen LogP contribution in [0.5, 0.6) is 11.5 Å². The third-order valence-corrected chi connectivity index (χ3v) is 4.11. The number of aromatic nitrogens is 3. The summed E-state index contributed by atoms with van der Waals surface area (Å²) in [7, 11) is 3.35. The first-order chi connectivity index (χ1) is 10.7. The van der Waals surface area contributed by atoms with Crippen molar-refractivity contribution in [2.45, 2.75) is 38.9 Å². The fourth-order valence-electron chi connectivity index (χ4n) is 2.87. The molecule has 6 heteroatoms. The summed E-state index contributed by atoms with van der Waals surface area (Å²) in [4.78, 5) is 0. The molecule has 2 heterocycles. The molecule has 1 N–H and O–H groups in total. The summed E-state index contributed by atoms with van der Waals surface area (Å²) in [6.45, 7) is 3.82. The van der Waals surface area contributed by atoms with Gasteiger partial charge in [0.2, 0.25) is 0 Å². The van der Waals surface area contributed by atoms with Crippen LogP contribution < -0.4 is 14.8 Å². The average Bonchev–Trinajstić information content (AvgIpc) is 3.15.